The molecule has 2 aromatic heterocycles. The maximum Gasteiger partial charge on any atom is 0.162 e. The third-order valence-corrected chi connectivity index (χ3v) is 4.12. The van der Waals surface area contributed by atoms with Crippen LogP contribution >= 0.6 is 0 Å². The summed E-state index contributed by atoms with van der Waals surface area (Å²) in [5, 5.41) is 4.54. The zero-order valence-corrected chi connectivity index (χ0v) is 12.8. The number of fused-ring (bicyclic) bond motifs is 1. The summed E-state index contributed by atoms with van der Waals surface area (Å²) in [5.41, 5.74) is 1.91. The van der Waals surface area contributed by atoms with Crippen molar-refractivity contribution >= 4 is 16.7 Å². The second-order valence-electron chi connectivity index (χ2n) is 5.76. The lowest BCUT2D eigenvalue weighted by Crippen LogP contribution is -2.15. The van der Waals surface area contributed by atoms with Crippen LogP contribution < -0.4 is 5.32 Å². The molecule has 5 heteroatoms. The molecule has 0 bridgehead atoms. The molecule has 116 valence electrons. The Morgan fingerprint density at radius 3 is 2.78 bits per heavy atom. The average molecular weight is 306 g/mol. The van der Waals surface area contributed by atoms with E-state index in [0.717, 1.165) is 54.3 Å². The van der Waals surface area contributed by atoms with Crippen LogP contribution in [-0.4, -0.2) is 34.7 Å². The van der Waals surface area contributed by atoms with Crippen LogP contribution in [0.25, 0.3) is 22.3 Å². The third-order valence-electron chi connectivity index (χ3n) is 4.12. The van der Waals surface area contributed by atoms with Gasteiger partial charge in [-0.05, 0) is 30.7 Å². The fourth-order valence-electron chi connectivity index (χ4n) is 2.83. The Morgan fingerprint density at radius 2 is 1.96 bits per heavy atom. The van der Waals surface area contributed by atoms with E-state index in [1.807, 2.05) is 30.3 Å². The highest BCUT2D eigenvalue weighted by molar-refractivity contribution is 5.90. The molecule has 1 N–H and O–H groups in total. The highest BCUT2D eigenvalue weighted by Crippen LogP contribution is 2.25. The molecular weight excluding hydrogens is 288 g/mol. The second-order valence-corrected chi connectivity index (χ2v) is 5.76. The molecule has 1 saturated heterocycles. The fourth-order valence-corrected chi connectivity index (χ4v) is 2.83. The van der Waals surface area contributed by atoms with Crippen molar-refractivity contribution in [2.75, 3.05) is 25.1 Å². The fraction of sp³-hybridized carbons (Fsp3) is 0.278. The van der Waals surface area contributed by atoms with Gasteiger partial charge in [0.15, 0.2) is 5.82 Å². The van der Waals surface area contributed by atoms with Crippen molar-refractivity contribution in [3.63, 3.8) is 0 Å². The summed E-state index contributed by atoms with van der Waals surface area (Å²) < 4.78 is 5.45. The molecule has 0 aliphatic carbocycles. The number of hydrogen-bond acceptors (Lipinski definition) is 5. The number of ether oxygens (including phenoxy) is 1. The Morgan fingerprint density at radius 1 is 1.09 bits per heavy atom. The monoisotopic (exact) mass is 306 g/mol. The number of anilines is 1. The molecule has 5 nitrogen and oxygen atoms in total. The van der Waals surface area contributed by atoms with Crippen molar-refractivity contribution in [1.82, 2.24) is 15.0 Å². The molecule has 0 saturated carbocycles. The molecule has 1 aliphatic rings. The Bertz CT molecular complexity index is 800. The first-order chi connectivity index (χ1) is 11.4. The van der Waals surface area contributed by atoms with Crippen LogP contribution in [0.3, 0.4) is 0 Å². The van der Waals surface area contributed by atoms with Crippen LogP contribution in [0.1, 0.15) is 6.42 Å². The molecule has 1 fully saturated rings. The van der Waals surface area contributed by atoms with Crippen LogP contribution in [0.2, 0.25) is 0 Å². The predicted molar refractivity (Wildman–Crippen MR) is 90.2 cm³/mol. The van der Waals surface area contributed by atoms with Gasteiger partial charge in [0.2, 0.25) is 0 Å². The molecule has 3 heterocycles. The smallest absolute Gasteiger partial charge is 0.162 e. The number of aromatic nitrogens is 3. The maximum absolute atomic E-state index is 5.45. The van der Waals surface area contributed by atoms with Gasteiger partial charge in [0, 0.05) is 42.4 Å². The van der Waals surface area contributed by atoms with Crippen LogP contribution in [0.5, 0.6) is 0 Å². The molecule has 1 atom stereocenters. The summed E-state index contributed by atoms with van der Waals surface area (Å²) in [6, 6.07) is 11.9. The topological polar surface area (TPSA) is 59.9 Å². The molecule has 0 spiro atoms. The number of hydrogen-bond donors (Lipinski definition) is 1. The Hall–Kier alpha value is -2.53. The van der Waals surface area contributed by atoms with Gasteiger partial charge in [-0.2, -0.15) is 0 Å². The average Bonchev–Trinajstić information content (AvgIpc) is 3.14. The molecule has 3 aromatic rings. The zero-order chi connectivity index (χ0) is 15.5. The standard InChI is InChI=1S/C18H18N4O/c1-2-4-16-15(3-1)18(20-11-13-7-10-23-12-13)22-17(21-16)14-5-8-19-9-6-14/h1-6,8-9,13H,7,10-12H2,(H,20,21,22)/t13-/m1/s1. The first-order valence-electron chi connectivity index (χ1n) is 7.89. The number of rotatable bonds is 4. The van der Waals surface area contributed by atoms with Crippen molar-refractivity contribution in [1.29, 1.82) is 0 Å². The molecule has 0 radical (unpaired) electrons. The van der Waals surface area contributed by atoms with Gasteiger partial charge in [-0.1, -0.05) is 12.1 Å². The molecule has 4 rings (SSSR count). The quantitative estimate of drug-likeness (QED) is 0.802. The molecule has 0 unspecified atom stereocenters. The Kier molecular flexibility index (Phi) is 3.86. The van der Waals surface area contributed by atoms with Crippen molar-refractivity contribution < 1.29 is 4.74 Å². The van der Waals surface area contributed by atoms with Gasteiger partial charge in [0.25, 0.3) is 0 Å². The third kappa shape index (κ3) is 3.00. The van der Waals surface area contributed by atoms with Gasteiger partial charge in [-0.3, -0.25) is 4.98 Å². The minimum Gasteiger partial charge on any atom is -0.381 e. The Balaban J connectivity index is 1.71. The van der Waals surface area contributed by atoms with Crippen LogP contribution in [0.4, 0.5) is 5.82 Å². The van der Waals surface area contributed by atoms with Gasteiger partial charge in [-0.25, -0.2) is 9.97 Å². The summed E-state index contributed by atoms with van der Waals surface area (Å²) in [6.07, 6.45) is 4.63. The highest BCUT2D eigenvalue weighted by Gasteiger charge is 2.16. The van der Waals surface area contributed by atoms with E-state index in [4.69, 9.17) is 9.72 Å². The number of para-hydroxylation sites is 1. The predicted octanol–water partition coefficient (Wildman–Crippen LogP) is 3.14. The van der Waals surface area contributed by atoms with Gasteiger partial charge >= 0.3 is 0 Å². The van der Waals surface area contributed by atoms with Crippen LogP contribution in [0.15, 0.2) is 48.8 Å². The lowest BCUT2D eigenvalue weighted by molar-refractivity contribution is 0.187. The first kappa shape index (κ1) is 14.1. The summed E-state index contributed by atoms with van der Waals surface area (Å²) in [6.45, 7) is 2.56. The van der Waals surface area contributed by atoms with E-state index in [9.17, 15) is 0 Å². The SMILES string of the molecule is c1ccc2c(NC[C@H]3CCOC3)nc(-c3ccncc3)nc2c1. The number of nitrogens with zero attached hydrogens (tertiary/aromatic N) is 3. The van der Waals surface area contributed by atoms with Crippen LogP contribution in [-0.2, 0) is 4.74 Å². The Labute approximate surface area is 134 Å². The zero-order valence-electron chi connectivity index (χ0n) is 12.8. The normalized spacial score (nSPS) is 17.5. The molecule has 0 amide bonds. The van der Waals surface area contributed by atoms with E-state index < -0.39 is 0 Å². The van der Waals surface area contributed by atoms with Crippen molar-refractivity contribution in [3.8, 4) is 11.4 Å². The van der Waals surface area contributed by atoms with E-state index in [1.165, 1.54) is 0 Å². The minimum absolute atomic E-state index is 0.549. The second kappa shape index (κ2) is 6.30. The van der Waals surface area contributed by atoms with E-state index >= 15 is 0 Å². The van der Waals surface area contributed by atoms with Crippen molar-refractivity contribution in [2.45, 2.75) is 6.42 Å². The minimum atomic E-state index is 0.549. The van der Waals surface area contributed by atoms with Crippen LogP contribution in [0, 0.1) is 5.92 Å². The van der Waals surface area contributed by atoms with Gasteiger partial charge in [0.1, 0.15) is 5.82 Å². The lowest BCUT2D eigenvalue weighted by atomic mass is 10.1. The van der Waals surface area contributed by atoms with Crippen molar-refractivity contribution in [3.05, 3.63) is 48.8 Å². The molecule has 23 heavy (non-hydrogen) atoms. The maximum atomic E-state index is 5.45. The van der Waals surface area contributed by atoms with E-state index in [1.54, 1.807) is 12.4 Å². The highest BCUT2D eigenvalue weighted by atomic mass is 16.5. The summed E-state index contributed by atoms with van der Waals surface area (Å²) in [5.74, 6) is 2.15. The summed E-state index contributed by atoms with van der Waals surface area (Å²) in [4.78, 5) is 13.5. The number of benzene rings is 1. The molecular formula is C18H18N4O. The van der Waals surface area contributed by atoms with E-state index in [0.29, 0.717) is 5.92 Å². The van der Waals surface area contributed by atoms with E-state index in [2.05, 4.69) is 21.4 Å². The van der Waals surface area contributed by atoms with Gasteiger partial charge in [0.05, 0.1) is 12.1 Å². The first-order valence-corrected chi connectivity index (χ1v) is 7.89. The summed E-state index contributed by atoms with van der Waals surface area (Å²) in [7, 11) is 0. The number of pyridine rings is 1. The van der Waals surface area contributed by atoms with E-state index in [-0.39, 0.29) is 0 Å². The van der Waals surface area contributed by atoms with Crippen molar-refractivity contribution in [2.24, 2.45) is 5.92 Å². The number of nitrogens with one attached hydrogen (secondary N) is 1. The molecule has 1 aliphatic heterocycles. The van der Waals surface area contributed by atoms with Gasteiger partial charge in [-0.15, -0.1) is 0 Å². The molecule has 1 aromatic carbocycles. The lowest BCUT2D eigenvalue weighted by Gasteiger charge is -2.13. The van der Waals surface area contributed by atoms with Gasteiger partial charge < -0.3 is 10.1 Å². The largest absolute Gasteiger partial charge is 0.381 e. The summed E-state index contributed by atoms with van der Waals surface area (Å²) >= 11 is 0.